The average Bonchev–Trinajstić information content (AvgIpc) is 2.66. The Hall–Kier alpha value is -1.56. The summed E-state index contributed by atoms with van der Waals surface area (Å²) < 4.78 is 4.63. The van der Waals surface area contributed by atoms with E-state index in [-0.39, 0.29) is 17.8 Å². The highest BCUT2D eigenvalue weighted by Gasteiger charge is 2.19. The zero-order valence-electron chi connectivity index (χ0n) is 8.32. The summed E-state index contributed by atoms with van der Waals surface area (Å²) in [5, 5.41) is 9.59. The van der Waals surface area contributed by atoms with Crippen LogP contribution in [0.1, 0.15) is 23.2 Å². The Balaban J connectivity index is 1.94. The van der Waals surface area contributed by atoms with Gasteiger partial charge in [-0.1, -0.05) is 5.16 Å². The standard InChI is InChI=1S/C9H14N4O2/c10-8-7(5-12-15-8)9(14)13-6-1-3-11-4-2-6/h5-6,11H,1-4,10H2,(H,13,14). The highest BCUT2D eigenvalue weighted by molar-refractivity contribution is 5.97. The van der Waals surface area contributed by atoms with Crippen LogP contribution in [0, 0.1) is 0 Å². The van der Waals surface area contributed by atoms with Crippen LogP contribution in [-0.4, -0.2) is 30.2 Å². The van der Waals surface area contributed by atoms with Gasteiger partial charge in [0.25, 0.3) is 5.91 Å². The van der Waals surface area contributed by atoms with Crippen LogP contribution in [0.25, 0.3) is 0 Å². The Morgan fingerprint density at radius 3 is 2.93 bits per heavy atom. The van der Waals surface area contributed by atoms with Crippen molar-refractivity contribution in [3.05, 3.63) is 11.8 Å². The lowest BCUT2D eigenvalue weighted by molar-refractivity contribution is 0.0930. The fourth-order valence-corrected chi connectivity index (χ4v) is 1.65. The number of carbonyl (C=O) groups excluding carboxylic acids is 1. The second-order valence-electron chi connectivity index (χ2n) is 3.60. The molecule has 0 radical (unpaired) electrons. The minimum Gasteiger partial charge on any atom is -0.367 e. The zero-order valence-corrected chi connectivity index (χ0v) is 8.32. The van der Waals surface area contributed by atoms with Gasteiger partial charge in [-0.25, -0.2) is 0 Å². The molecule has 1 aromatic rings. The molecule has 15 heavy (non-hydrogen) atoms. The molecule has 4 N–H and O–H groups in total. The Bertz CT molecular complexity index is 344. The highest BCUT2D eigenvalue weighted by atomic mass is 16.5. The van der Waals surface area contributed by atoms with Crippen molar-refractivity contribution in [1.82, 2.24) is 15.8 Å². The molecule has 0 atom stereocenters. The normalized spacial score (nSPS) is 17.6. The van der Waals surface area contributed by atoms with E-state index in [1.165, 1.54) is 6.20 Å². The van der Waals surface area contributed by atoms with Crippen LogP contribution in [0.4, 0.5) is 5.88 Å². The van der Waals surface area contributed by atoms with Crippen molar-refractivity contribution in [3.8, 4) is 0 Å². The van der Waals surface area contributed by atoms with Gasteiger partial charge < -0.3 is 20.9 Å². The Morgan fingerprint density at radius 1 is 1.60 bits per heavy atom. The van der Waals surface area contributed by atoms with Gasteiger partial charge in [0.1, 0.15) is 5.56 Å². The zero-order chi connectivity index (χ0) is 10.7. The molecule has 1 aliphatic heterocycles. The Morgan fingerprint density at radius 2 is 2.33 bits per heavy atom. The summed E-state index contributed by atoms with van der Waals surface area (Å²) >= 11 is 0. The molecule has 2 rings (SSSR count). The molecule has 1 saturated heterocycles. The van der Waals surface area contributed by atoms with E-state index < -0.39 is 0 Å². The number of nitrogen functional groups attached to an aromatic ring is 1. The fourth-order valence-electron chi connectivity index (χ4n) is 1.65. The first-order valence-electron chi connectivity index (χ1n) is 4.99. The summed E-state index contributed by atoms with van der Waals surface area (Å²) in [5.74, 6) is -0.137. The van der Waals surface area contributed by atoms with Gasteiger partial charge in [0.2, 0.25) is 5.88 Å². The number of anilines is 1. The highest BCUT2D eigenvalue weighted by Crippen LogP contribution is 2.10. The summed E-state index contributed by atoms with van der Waals surface area (Å²) in [6, 6.07) is 0.216. The van der Waals surface area contributed by atoms with E-state index in [0.717, 1.165) is 25.9 Å². The topological polar surface area (TPSA) is 93.2 Å². The SMILES string of the molecule is Nc1oncc1C(=O)NC1CCNCC1. The molecule has 1 amide bonds. The molecule has 0 saturated carbocycles. The molecule has 2 heterocycles. The van der Waals surface area contributed by atoms with Gasteiger partial charge in [0.05, 0.1) is 6.20 Å². The smallest absolute Gasteiger partial charge is 0.258 e. The van der Waals surface area contributed by atoms with Gasteiger partial charge in [-0.2, -0.15) is 0 Å². The Kier molecular flexibility index (Phi) is 2.86. The monoisotopic (exact) mass is 210 g/mol. The molecule has 0 bridgehead atoms. The average molecular weight is 210 g/mol. The molecule has 6 heteroatoms. The number of rotatable bonds is 2. The van der Waals surface area contributed by atoms with Crippen LogP contribution in [0.5, 0.6) is 0 Å². The molecule has 0 spiro atoms. The van der Waals surface area contributed by atoms with Crippen LogP contribution >= 0.6 is 0 Å². The van der Waals surface area contributed by atoms with Gasteiger partial charge in [0, 0.05) is 6.04 Å². The van der Waals surface area contributed by atoms with Crippen molar-refractivity contribution in [2.24, 2.45) is 0 Å². The fraction of sp³-hybridized carbons (Fsp3) is 0.556. The number of piperidine rings is 1. The molecule has 0 aromatic carbocycles. The lowest BCUT2D eigenvalue weighted by Crippen LogP contribution is -2.42. The van der Waals surface area contributed by atoms with Crippen LogP contribution in [0.15, 0.2) is 10.7 Å². The second kappa shape index (κ2) is 4.31. The minimum atomic E-state index is -0.208. The van der Waals surface area contributed by atoms with E-state index in [1.807, 2.05) is 0 Å². The summed E-state index contributed by atoms with van der Waals surface area (Å²) in [7, 11) is 0. The van der Waals surface area contributed by atoms with E-state index in [1.54, 1.807) is 0 Å². The van der Waals surface area contributed by atoms with Crippen molar-refractivity contribution in [2.75, 3.05) is 18.8 Å². The molecule has 0 aliphatic carbocycles. The van der Waals surface area contributed by atoms with Crippen molar-refractivity contribution in [2.45, 2.75) is 18.9 Å². The third-order valence-corrected chi connectivity index (χ3v) is 2.52. The minimum absolute atomic E-state index is 0.0708. The first-order chi connectivity index (χ1) is 7.27. The number of nitrogens with two attached hydrogens (primary N) is 1. The van der Waals surface area contributed by atoms with E-state index in [0.29, 0.717) is 5.56 Å². The van der Waals surface area contributed by atoms with Crippen molar-refractivity contribution >= 4 is 11.8 Å². The van der Waals surface area contributed by atoms with Gasteiger partial charge in [0.15, 0.2) is 0 Å². The van der Waals surface area contributed by atoms with E-state index in [4.69, 9.17) is 5.73 Å². The third kappa shape index (κ3) is 2.27. The second-order valence-corrected chi connectivity index (χ2v) is 3.60. The summed E-state index contributed by atoms with van der Waals surface area (Å²) in [4.78, 5) is 11.7. The number of nitrogens with zero attached hydrogens (tertiary/aromatic N) is 1. The van der Waals surface area contributed by atoms with Crippen molar-refractivity contribution < 1.29 is 9.32 Å². The Labute approximate surface area is 87.2 Å². The predicted octanol–water partition coefficient (Wildman–Crippen LogP) is -0.261. The summed E-state index contributed by atoms with van der Waals surface area (Å²) in [6.07, 6.45) is 3.22. The molecule has 0 unspecified atom stereocenters. The molecule has 1 fully saturated rings. The van der Waals surface area contributed by atoms with Crippen LogP contribution in [0.3, 0.4) is 0 Å². The predicted molar refractivity (Wildman–Crippen MR) is 54.3 cm³/mol. The quantitative estimate of drug-likeness (QED) is 0.625. The van der Waals surface area contributed by atoms with Gasteiger partial charge in [-0.3, -0.25) is 4.79 Å². The third-order valence-electron chi connectivity index (χ3n) is 2.52. The lowest BCUT2D eigenvalue weighted by atomic mass is 10.1. The number of hydrogen-bond donors (Lipinski definition) is 3. The summed E-state index contributed by atoms with van der Waals surface area (Å²) in [6.45, 7) is 1.87. The summed E-state index contributed by atoms with van der Waals surface area (Å²) in [5.41, 5.74) is 5.76. The van der Waals surface area contributed by atoms with Gasteiger partial charge >= 0.3 is 0 Å². The number of amides is 1. The van der Waals surface area contributed by atoms with E-state index >= 15 is 0 Å². The molecule has 82 valence electrons. The van der Waals surface area contributed by atoms with Crippen LogP contribution in [0.2, 0.25) is 0 Å². The van der Waals surface area contributed by atoms with Crippen molar-refractivity contribution in [1.29, 1.82) is 0 Å². The number of carbonyl (C=O) groups is 1. The maximum Gasteiger partial charge on any atom is 0.258 e. The largest absolute Gasteiger partial charge is 0.367 e. The number of nitrogens with one attached hydrogen (secondary N) is 2. The maximum atomic E-state index is 11.7. The van der Waals surface area contributed by atoms with Crippen molar-refractivity contribution in [3.63, 3.8) is 0 Å². The van der Waals surface area contributed by atoms with Crippen LogP contribution < -0.4 is 16.4 Å². The first kappa shape index (κ1) is 9.97. The number of aromatic nitrogens is 1. The number of hydrogen-bond acceptors (Lipinski definition) is 5. The molecule has 1 aromatic heterocycles. The maximum absolute atomic E-state index is 11.7. The molecular weight excluding hydrogens is 196 g/mol. The lowest BCUT2D eigenvalue weighted by Gasteiger charge is -2.23. The van der Waals surface area contributed by atoms with Gasteiger partial charge in [-0.15, -0.1) is 0 Å². The molecule has 1 aliphatic rings. The molecule has 6 nitrogen and oxygen atoms in total. The van der Waals surface area contributed by atoms with E-state index in [9.17, 15) is 4.79 Å². The van der Waals surface area contributed by atoms with E-state index in [2.05, 4.69) is 20.3 Å². The van der Waals surface area contributed by atoms with Crippen LogP contribution in [-0.2, 0) is 0 Å². The van der Waals surface area contributed by atoms with Gasteiger partial charge in [-0.05, 0) is 25.9 Å². The molecular formula is C9H14N4O2. The first-order valence-corrected chi connectivity index (χ1v) is 4.99.